The van der Waals surface area contributed by atoms with Crippen molar-refractivity contribution >= 4 is 0 Å². The lowest BCUT2D eigenvalue weighted by Crippen LogP contribution is -2.13. The summed E-state index contributed by atoms with van der Waals surface area (Å²) in [5.74, 6) is 1.34. The average molecular weight is 261 g/mol. The first-order chi connectivity index (χ1) is 9.11. The van der Waals surface area contributed by atoms with Crippen molar-refractivity contribution in [3.05, 3.63) is 47.1 Å². The van der Waals surface area contributed by atoms with Crippen molar-refractivity contribution in [2.24, 2.45) is 5.73 Å². The van der Waals surface area contributed by atoms with Gasteiger partial charge in [-0.2, -0.15) is 4.98 Å². The SMILES string of the molecule is COCc1ccc(C(N)c2noc(C(C)C)n2)cc1. The monoisotopic (exact) mass is 261 g/mol. The van der Waals surface area contributed by atoms with Gasteiger partial charge in [-0.25, -0.2) is 0 Å². The first-order valence-corrected chi connectivity index (χ1v) is 6.28. The van der Waals surface area contributed by atoms with Gasteiger partial charge in [-0.1, -0.05) is 43.3 Å². The fourth-order valence-corrected chi connectivity index (χ4v) is 1.75. The topological polar surface area (TPSA) is 74.2 Å². The summed E-state index contributed by atoms with van der Waals surface area (Å²) in [6, 6.07) is 7.53. The molecule has 0 saturated heterocycles. The fraction of sp³-hybridized carbons (Fsp3) is 0.429. The molecule has 19 heavy (non-hydrogen) atoms. The predicted octanol–water partition coefficient (Wildman–Crippen LogP) is 2.39. The van der Waals surface area contributed by atoms with Crippen LogP contribution in [0, 0.1) is 0 Å². The van der Waals surface area contributed by atoms with E-state index in [9.17, 15) is 0 Å². The Morgan fingerprint density at radius 3 is 2.47 bits per heavy atom. The largest absolute Gasteiger partial charge is 0.380 e. The second-order valence-corrected chi connectivity index (χ2v) is 4.80. The van der Waals surface area contributed by atoms with Crippen molar-refractivity contribution in [3.63, 3.8) is 0 Å². The molecule has 1 heterocycles. The summed E-state index contributed by atoms with van der Waals surface area (Å²) in [6.45, 7) is 4.60. The van der Waals surface area contributed by atoms with Crippen molar-refractivity contribution in [1.82, 2.24) is 10.1 Å². The van der Waals surface area contributed by atoms with E-state index >= 15 is 0 Å². The number of benzene rings is 1. The van der Waals surface area contributed by atoms with E-state index in [4.69, 9.17) is 15.0 Å². The van der Waals surface area contributed by atoms with Crippen LogP contribution in [-0.4, -0.2) is 17.3 Å². The number of nitrogens with zero attached hydrogens (tertiary/aromatic N) is 2. The summed E-state index contributed by atoms with van der Waals surface area (Å²) in [6.07, 6.45) is 0. The van der Waals surface area contributed by atoms with Gasteiger partial charge in [0.15, 0.2) is 5.82 Å². The Labute approximate surface area is 112 Å². The van der Waals surface area contributed by atoms with Crippen LogP contribution in [0.1, 0.15) is 48.6 Å². The Bertz CT molecular complexity index is 520. The molecule has 1 aromatic heterocycles. The number of nitrogens with two attached hydrogens (primary N) is 1. The van der Waals surface area contributed by atoms with Gasteiger partial charge in [-0.3, -0.25) is 0 Å². The number of hydrogen-bond donors (Lipinski definition) is 1. The van der Waals surface area contributed by atoms with E-state index in [2.05, 4.69) is 10.1 Å². The third-order valence-electron chi connectivity index (χ3n) is 2.88. The van der Waals surface area contributed by atoms with Gasteiger partial charge in [0.1, 0.15) is 0 Å². The summed E-state index contributed by atoms with van der Waals surface area (Å²) >= 11 is 0. The van der Waals surface area contributed by atoms with E-state index in [1.807, 2.05) is 38.1 Å². The third-order valence-corrected chi connectivity index (χ3v) is 2.88. The third kappa shape index (κ3) is 3.19. The van der Waals surface area contributed by atoms with Gasteiger partial charge in [-0.15, -0.1) is 0 Å². The molecule has 0 aliphatic heterocycles. The molecule has 0 bridgehead atoms. The first-order valence-electron chi connectivity index (χ1n) is 6.28. The Balaban J connectivity index is 2.15. The molecule has 0 amide bonds. The summed E-state index contributed by atoms with van der Waals surface area (Å²) < 4.78 is 10.2. The molecular weight excluding hydrogens is 242 g/mol. The van der Waals surface area contributed by atoms with Crippen LogP contribution in [-0.2, 0) is 11.3 Å². The molecule has 0 aliphatic rings. The van der Waals surface area contributed by atoms with Crippen molar-refractivity contribution < 1.29 is 9.26 Å². The number of hydrogen-bond acceptors (Lipinski definition) is 5. The van der Waals surface area contributed by atoms with Gasteiger partial charge < -0.3 is 15.0 Å². The Morgan fingerprint density at radius 1 is 1.26 bits per heavy atom. The Hall–Kier alpha value is -1.72. The molecule has 5 heteroatoms. The number of methoxy groups -OCH3 is 1. The molecule has 5 nitrogen and oxygen atoms in total. The van der Waals surface area contributed by atoms with Gasteiger partial charge in [-0.05, 0) is 11.1 Å². The second kappa shape index (κ2) is 5.95. The minimum Gasteiger partial charge on any atom is -0.380 e. The average Bonchev–Trinajstić information content (AvgIpc) is 2.89. The van der Waals surface area contributed by atoms with Crippen LogP contribution >= 0.6 is 0 Å². The lowest BCUT2D eigenvalue weighted by molar-refractivity contribution is 0.185. The highest BCUT2D eigenvalue weighted by atomic mass is 16.5. The maximum atomic E-state index is 6.14. The predicted molar refractivity (Wildman–Crippen MR) is 71.6 cm³/mol. The van der Waals surface area contributed by atoms with Crippen LogP contribution < -0.4 is 5.73 Å². The molecule has 0 fully saturated rings. The van der Waals surface area contributed by atoms with Gasteiger partial charge in [0.2, 0.25) is 5.89 Å². The molecule has 2 N–H and O–H groups in total. The summed E-state index contributed by atoms with van der Waals surface area (Å²) in [5, 5.41) is 3.94. The van der Waals surface area contributed by atoms with Crippen LogP contribution in [0.4, 0.5) is 0 Å². The molecule has 1 unspecified atom stereocenters. The normalized spacial score (nSPS) is 12.9. The minimum absolute atomic E-state index is 0.206. The van der Waals surface area contributed by atoms with E-state index < -0.39 is 0 Å². The standard InChI is InChI=1S/C14H19N3O2/c1-9(2)14-16-13(17-19-14)12(15)11-6-4-10(5-7-11)8-18-3/h4-7,9,12H,8,15H2,1-3H3. The van der Waals surface area contributed by atoms with Crippen molar-refractivity contribution in [2.75, 3.05) is 7.11 Å². The second-order valence-electron chi connectivity index (χ2n) is 4.80. The van der Waals surface area contributed by atoms with Crippen LogP contribution in [0.15, 0.2) is 28.8 Å². The molecule has 0 saturated carbocycles. The molecule has 102 valence electrons. The zero-order valence-corrected chi connectivity index (χ0v) is 11.5. The molecule has 1 aromatic carbocycles. The van der Waals surface area contributed by atoms with Gasteiger partial charge >= 0.3 is 0 Å². The molecule has 0 radical (unpaired) electrons. The molecule has 0 spiro atoms. The molecule has 2 aromatic rings. The van der Waals surface area contributed by atoms with E-state index in [0.29, 0.717) is 18.3 Å². The Morgan fingerprint density at radius 2 is 1.95 bits per heavy atom. The van der Waals surface area contributed by atoms with Crippen molar-refractivity contribution in [3.8, 4) is 0 Å². The van der Waals surface area contributed by atoms with Gasteiger partial charge in [0, 0.05) is 13.0 Å². The highest BCUT2D eigenvalue weighted by Crippen LogP contribution is 2.20. The van der Waals surface area contributed by atoms with Crippen molar-refractivity contribution in [1.29, 1.82) is 0 Å². The van der Waals surface area contributed by atoms with E-state index in [0.717, 1.165) is 11.1 Å². The van der Waals surface area contributed by atoms with E-state index in [1.165, 1.54) is 0 Å². The molecule has 2 rings (SSSR count). The highest BCUT2D eigenvalue weighted by Gasteiger charge is 2.17. The smallest absolute Gasteiger partial charge is 0.229 e. The molecule has 1 atom stereocenters. The van der Waals surface area contributed by atoms with Crippen molar-refractivity contribution in [2.45, 2.75) is 32.4 Å². The summed E-state index contributed by atoms with van der Waals surface area (Å²) in [7, 11) is 1.67. The number of ether oxygens (including phenoxy) is 1. The van der Waals surface area contributed by atoms with Crippen LogP contribution in [0.25, 0.3) is 0 Å². The summed E-state index contributed by atoms with van der Waals surface area (Å²) in [4.78, 5) is 4.32. The van der Waals surface area contributed by atoms with Gasteiger partial charge in [0.05, 0.1) is 12.6 Å². The molecular formula is C14H19N3O2. The number of rotatable bonds is 5. The highest BCUT2D eigenvalue weighted by molar-refractivity contribution is 5.27. The zero-order valence-electron chi connectivity index (χ0n) is 11.5. The lowest BCUT2D eigenvalue weighted by Gasteiger charge is -2.08. The van der Waals surface area contributed by atoms with Crippen LogP contribution in [0.5, 0.6) is 0 Å². The Kier molecular flexibility index (Phi) is 4.29. The maximum Gasteiger partial charge on any atom is 0.229 e. The fourth-order valence-electron chi connectivity index (χ4n) is 1.75. The zero-order chi connectivity index (χ0) is 13.8. The van der Waals surface area contributed by atoms with Gasteiger partial charge in [0.25, 0.3) is 0 Å². The van der Waals surface area contributed by atoms with E-state index in [1.54, 1.807) is 7.11 Å². The molecule has 0 aliphatic carbocycles. The number of aromatic nitrogens is 2. The maximum absolute atomic E-state index is 6.14. The van der Waals surface area contributed by atoms with Crippen LogP contribution in [0.3, 0.4) is 0 Å². The lowest BCUT2D eigenvalue weighted by atomic mass is 10.1. The first kappa shape index (κ1) is 13.7. The van der Waals surface area contributed by atoms with E-state index in [-0.39, 0.29) is 12.0 Å². The minimum atomic E-state index is -0.368. The quantitative estimate of drug-likeness (QED) is 0.894. The van der Waals surface area contributed by atoms with Crippen LogP contribution in [0.2, 0.25) is 0 Å². The summed E-state index contributed by atoms with van der Waals surface area (Å²) in [5.41, 5.74) is 8.20.